The Morgan fingerprint density at radius 2 is 1.89 bits per heavy atom. The van der Waals surface area contributed by atoms with Crippen LogP contribution in [-0.2, 0) is 0 Å². The lowest BCUT2D eigenvalue weighted by atomic mass is 10.1. The molecule has 0 saturated heterocycles. The highest BCUT2D eigenvalue weighted by molar-refractivity contribution is 5.82. The topological polar surface area (TPSA) is 25.8 Å². The van der Waals surface area contributed by atoms with Crippen molar-refractivity contribution in [1.29, 1.82) is 0 Å². The van der Waals surface area contributed by atoms with Gasteiger partial charge in [-0.15, -0.1) is 0 Å². The molecule has 3 rings (SSSR count). The molecule has 3 heteroatoms. The molecule has 2 aromatic heterocycles. The van der Waals surface area contributed by atoms with E-state index in [1.807, 2.05) is 31.2 Å². The number of aromatic nitrogens is 2. The third-order valence-electron chi connectivity index (χ3n) is 2.87. The number of benzene rings is 1. The van der Waals surface area contributed by atoms with Crippen LogP contribution >= 0.6 is 0 Å². The molecule has 18 heavy (non-hydrogen) atoms. The van der Waals surface area contributed by atoms with Gasteiger partial charge in [-0.05, 0) is 31.2 Å². The van der Waals surface area contributed by atoms with E-state index < -0.39 is 0 Å². The van der Waals surface area contributed by atoms with Gasteiger partial charge in [0.2, 0.25) is 0 Å². The van der Waals surface area contributed by atoms with Crippen molar-refractivity contribution in [2.24, 2.45) is 0 Å². The van der Waals surface area contributed by atoms with E-state index in [9.17, 15) is 4.39 Å². The Kier molecular flexibility index (Phi) is 2.52. The molecule has 2 nitrogen and oxygen atoms in total. The van der Waals surface area contributed by atoms with E-state index in [-0.39, 0.29) is 5.82 Å². The smallest absolute Gasteiger partial charge is 0.134 e. The van der Waals surface area contributed by atoms with Gasteiger partial charge in [-0.3, -0.25) is 4.98 Å². The molecule has 0 N–H and O–H groups in total. The normalized spacial score (nSPS) is 10.8. The first-order chi connectivity index (χ1) is 8.74. The van der Waals surface area contributed by atoms with Crippen molar-refractivity contribution in [2.45, 2.75) is 6.92 Å². The first-order valence-corrected chi connectivity index (χ1v) is 5.72. The van der Waals surface area contributed by atoms with Crippen LogP contribution in [0.5, 0.6) is 0 Å². The van der Waals surface area contributed by atoms with Crippen molar-refractivity contribution in [3.63, 3.8) is 0 Å². The van der Waals surface area contributed by atoms with Gasteiger partial charge in [0.1, 0.15) is 5.82 Å². The summed E-state index contributed by atoms with van der Waals surface area (Å²) in [7, 11) is 0. The summed E-state index contributed by atoms with van der Waals surface area (Å²) < 4.78 is 14.0. The molecule has 0 spiro atoms. The van der Waals surface area contributed by atoms with Gasteiger partial charge in [0.15, 0.2) is 0 Å². The number of halogens is 1. The lowest BCUT2D eigenvalue weighted by Gasteiger charge is -2.04. The molecule has 0 bridgehead atoms. The quantitative estimate of drug-likeness (QED) is 0.645. The minimum Gasteiger partial charge on any atom is -0.261 e. The summed E-state index contributed by atoms with van der Waals surface area (Å²) >= 11 is 0. The molecule has 1 aromatic carbocycles. The van der Waals surface area contributed by atoms with Crippen molar-refractivity contribution >= 4 is 10.9 Å². The molecule has 0 fully saturated rings. The molecule has 0 aliphatic rings. The summed E-state index contributed by atoms with van der Waals surface area (Å²) in [5, 5.41) is 0.543. The summed E-state index contributed by atoms with van der Waals surface area (Å²) in [5.41, 5.74) is 3.03. The highest BCUT2D eigenvalue weighted by Crippen LogP contribution is 2.23. The van der Waals surface area contributed by atoms with Crippen molar-refractivity contribution in [3.05, 3.63) is 60.2 Å². The van der Waals surface area contributed by atoms with Gasteiger partial charge in [-0.25, -0.2) is 9.37 Å². The Labute approximate surface area is 104 Å². The Balaban J connectivity index is 2.21. The second-order valence-electron chi connectivity index (χ2n) is 4.19. The van der Waals surface area contributed by atoms with Crippen LogP contribution in [0.4, 0.5) is 4.39 Å². The number of para-hydroxylation sites is 1. The molecule has 0 amide bonds. The highest BCUT2D eigenvalue weighted by atomic mass is 19.1. The van der Waals surface area contributed by atoms with Crippen LogP contribution in [0, 0.1) is 12.7 Å². The minimum absolute atomic E-state index is 0.254. The maximum atomic E-state index is 14.0. The number of rotatable bonds is 1. The maximum absolute atomic E-state index is 14.0. The molecule has 0 atom stereocenters. The minimum atomic E-state index is -0.254. The van der Waals surface area contributed by atoms with Crippen LogP contribution in [0.2, 0.25) is 0 Å². The predicted molar refractivity (Wildman–Crippen MR) is 69.7 cm³/mol. The van der Waals surface area contributed by atoms with Crippen LogP contribution in [0.25, 0.3) is 22.2 Å². The first kappa shape index (κ1) is 10.8. The fraction of sp³-hybridized carbons (Fsp3) is 0.0667. The van der Waals surface area contributed by atoms with E-state index in [0.717, 1.165) is 11.3 Å². The number of hydrogen-bond donors (Lipinski definition) is 0. The van der Waals surface area contributed by atoms with Gasteiger partial charge in [-0.2, -0.15) is 0 Å². The van der Waals surface area contributed by atoms with Crippen molar-refractivity contribution in [1.82, 2.24) is 9.97 Å². The maximum Gasteiger partial charge on any atom is 0.134 e. The number of hydrogen-bond acceptors (Lipinski definition) is 2. The third-order valence-corrected chi connectivity index (χ3v) is 2.87. The molecule has 0 aliphatic heterocycles. The average molecular weight is 238 g/mol. The van der Waals surface area contributed by atoms with E-state index >= 15 is 0 Å². The number of nitrogens with zero attached hydrogens (tertiary/aromatic N) is 2. The van der Waals surface area contributed by atoms with Crippen LogP contribution in [-0.4, -0.2) is 9.97 Å². The zero-order chi connectivity index (χ0) is 12.5. The van der Waals surface area contributed by atoms with Crippen LogP contribution in [0.15, 0.2) is 48.7 Å². The molecule has 0 saturated carbocycles. The average Bonchev–Trinajstić information content (AvgIpc) is 2.39. The van der Waals surface area contributed by atoms with E-state index in [1.54, 1.807) is 18.3 Å². The van der Waals surface area contributed by atoms with Gasteiger partial charge in [0.25, 0.3) is 0 Å². The molecular weight excluding hydrogens is 227 g/mol. The Morgan fingerprint density at radius 1 is 1.06 bits per heavy atom. The van der Waals surface area contributed by atoms with Crippen LogP contribution in [0.1, 0.15) is 5.69 Å². The van der Waals surface area contributed by atoms with Crippen LogP contribution in [0.3, 0.4) is 0 Å². The predicted octanol–water partition coefficient (Wildman–Crippen LogP) is 3.74. The lowest BCUT2D eigenvalue weighted by molar-refractivity contribution is 0.639. The van der Waals surface area contributed by atoms with Gasteiger partial charge in [0, 0.05) is 28.9 Å². The summed E-state index contributed by atoms with van der Waals surface area (Å²) in [6, 6.07) is 12.4. The number of pyridine rings is 2. The lowest BCUT2D eigenvalue weighted by Crippen LogP contribution is -1.90. The first-order valence-electron chi connectivity index (χ1n) is 5.72. The number of aryl methyl sites for hydroxylation is 1. The fourth-order valence-corrected chi connectivity index (χ4v) is 1.90. The van der Waals surface area contributed by atoms with E-state index in [4.69, 9.17) is 0 Å². The number of fused-ring (bicyclic) bond motifs is 1. The van der Waals surface area contributed by atoms with Gasteiger partial charge >= 0.3 is 0 Å². The largest absolute Gasteiger partial charge is 0.261 e. The van der Waals surface area contributed by atoms with E-state index in [2.05, 4.69) is 9.97 Å². The standard InChI is InChI=1S/C15H11FN2/c1-10-6-7-11(9-17-10)15-8-13(16)12-4-2-3-5-14(12)18-15/h2-9H,1H3. The molecule has 0 unspecified atom stereocenters. The van der Waals surface area contributed by atoms with Gasteiger partial charge in [0.05, 0.1) is 11.2 Å². The molecular formula is C15H11FN2. The highest BCUT2D eigenvalue weighted by Gasteiger charge is 2.06. The fourth-order valence-electron chi connectivity index (χ4n) is 1.90. The molecule has 3 aromatic rings. The summed E-state index contributed by atoms with van der Waals surface area (Å²) in [5.74, 6) is -0.254. The van der Waals surface area contributed by atoms with Crippen molar-refractivity contribution < 1.29 is 4.39 Å². The zero-order valence-corrected chi connectivity index (χ0v) is 9.89. The van der Waals surface area contributed by atoms with Gasteiger partial charge < -0.3 is 0 Å². The summed E-state index contributed by atoms with van der Waals surface area (Å²) in [6.07, 6.45) is 1.71. The molecule has 2 heterocycles. The van der Waals surface area contributed by atoms with Crippen molar-refractivity contribution in [2.75, 3.05) is 0 Å². The Hall–Kier alpha value is -2.29. The molecule has 0 radical (unpaired) electrons. The SMILES string of the molecule is Cc1ccc(-c2cc(F)c3ccccc3n2)cn1. The van der Waals surface area contributed by atoms with E-state index in [1.165, 1.54) is 6.07 Å². The third kappa shape index (κ3) is 1.84. The van der Waals surface area contributed by atoms with Crippen molar-refractivity contribution in [3.8, 4) is 11.3 Å². The monoisotopic (exact) mass is 238 g/mol. The molecule has 88 valence electrons. The van der Waals surface area contributed by atoms with Gasteiger partial charge in [-0.1, -0.05) is 12.1 Å². The Bertz CT molecular complexity index is 705. The second kappa shape index (κ2) is 4.18. The molecule has 0 aliphatic carbocycles. The Morgan fingerprint density at radius 3 is 2.67 bits per heavy atom. The van der Waals surface area contributed by atoms with E-state index in [0.29, 0.717) is 16.6 Å². The zero-order valence-electron chi connectivity index (χ0n) is 9.89. The summed E-state index contributed by atoms with van der Waals surface area (Å²) in [6.45, 7) is 1.91. The second-order valence-corrected chi connectivity index (χ2v) is 4.19. The summed E-state index contributed by atoms with van der Waals surface area (Å²) in [4.78, 5) is 8.66. The van der Waals surface area contributed by atoms with Crippen LogP contribution < -0.4 is 0 Å².